The number of hydrogen-bond donors (Lipinski definition) is 3. The number of carbonyl (C=O) groups is 2. The third-order valence-corrected chi connectivity index (χ3v) is 5.54. The number of ketones is 1. The fraction of sp³-hybridized carbons (Fsp3) is 0.727. The largest absolute Gasteiger partial charge is 0.481 e. The van der Waals surface area contributed by atoms with Crippen molar-refractivity contribution in [3.63, 3.8) is 0 Å². The standard InChI is InChI=1S/C22H36O5/c1-4-5-14-22(2,3)20(25)13-12-17-16(18(23)15-19(17)24)10-8-6-7-9-11-21(26)27/h6,8,12-13,16-17,19-20,24-25H,4-5,7,9-11,14-15H2,1-3H3,(H,26,27)/b8-6+,13-12-/t16-,17-,19+,20+/m1/s1. The summed E-state index contributed by atoms with van der Waals surface area (Å²) in [4.78, 5) is 22.7. The van der Waals surface area contributed by atoms with Crippen LogP contribution < -0.4 is 0 Å². The van der Waals surface area contributed by atoms with E-state index in [1.807, 2.05) is 32.1 Å². The van der Waals surface area contributed by atoms with Crippen LogP contribution >= 0.6 is 0 Å². The van der Waals surface area contributed by atoms with Gasteiger partial charge in [0.15, 0.2) is 0 Å². The van der Waals surface area contributed by atoms with Crippen molar-refractivity contribution in [3.8, 4) is 0 Å². The minimum Gasteiger partial charge on any atom is -0.481 e. The quantitative estimate of drug-likeness (QED) is 0.353. The monoisotopic (exact) mass is 380 g/mol. The smallest absolute Gasteiger partial charge is 0.303 e. The van der Waals surface area contributed by atoms with Crippen molar-refractivity contribution in [1.82, 2.24) is 0 Å². The van der Waals surface area contributed by atoms with Crippen molar-refractivity contribution in [2.45, 2.75) is 84.3 Å². The Labute approximate surface area is 163 Å². The van der Waals surface area contributed by atoms with E-state index in [1.54, 1.807) is 6.08 Å². The Bertz CT molecular complexity index is 535. The number of carboxylic acid groups (broad SMARTS) is 1. The zero-order valence-electron chi connectivity index (χ0n) is 16.9. The van der Waals surface area contributed by atoms with E-state index in [0.717, 1.165) is 19.3 Å². The zero-order valence-corrected chi connectivity index (χ0v) is 16.9. The second kappa shape index (κ2) is 11.4. The number of carboxylic acids is 1. The Kier molecular flexibility index (Phi) is 9.95. The highest BCUT2D eigenvalue weighted by atomic mass is 16.4. The summed E-state index contributed by atoms with van der Waals surface area (Å²) < 4.78 is 0. The minimum atomic E-state index is -0.803. The van der Waals surface area contributed by atoms with Crippen LogP contribution in [0.3, 0.4) is 0 Å². The van der Waals surface area contributed by atoms with Gasteiger partial charge < -0.3 is 15.3 Å². The van der Waals surface area contributed by atoms with Crippen LogP contribution in [0.25, 0.3) is 0 Å². The average molecular weight is 381 g/mol. The van der Waals surface area contributed by atoms with Crippen LogP contribution in [-0.4, -0.2) is 39.3 Å². The van der Waals surface area contributed by atoms with Gasteiger partial charge in [0.1, 0.15) is 5.78 Å². The number of Topliss-reactive ketones (excluding diaryl/α,β-unsaturated/α-hetero) is 1. The SMILES string of the molecule is CCCCC(C)(C)[C@@H](O)/C=C\[C@H]1[C@@H](O)CC(=O)[C@@H]1C/C=C/CCCC(=O)O. The number of aliphatic hydroxyl groups excluding tert-OH is 2. The van der Waals surface area contributed by atoms with Crippen molar-refractivity contribution in [2.24, 2.45) is 17.3 Å². The van der Waals surface area contributed by atoms with Gasteiger partial charge in [-0.25, -0.2) is 0 Å². The highest BCUT2D eigenvalue weighted by molar-refractivity contribution is 5.84. The second-order valence-corrected chi connectivity index (χ2v) is 8.34. The Balaban J connectivity index is 2.63. The number of carbonyl (C=O) groups excluding carboxylic acids is 1. The van der Waals surface area contributed by atoms with Crippen LogP contribution in [0.1, 0.15) is 72.1 Å². The molecule has 3 N–H and O–H groups in total. The summed E-state index contributed by atoms with van der Waals surface area (Å²) in [5, 5.41) is 29.4. The van der Waals surface area contributed by atoms with Gasteiger partial charge in [-0.15, -0.1) is 0 Å². The predicted molar refractivity (Wildman–Crippen MR) is 106 cm³/mol. The average Bonchev–Trinajstić information content (AvgIpc) is 2.86. The molecule has 0 spiro atoms. The maximum Gasteiger partial charge on any atom is 0.303 e. The molecule has 0 saturated heterocycles. The van der Waals surface area contributed by atoms with Crippen molar-refractivity contribution >= 4 is 11.8 Å². The molecule has 1 aliphatic rings. The molecule has 154 valence electrons. The molecule has 5 nitrogen and oxygen atoms in total. The topological polar surface area (TPSA) is 94.8 Å². The molecule has 0 bridgehead atoms. The van der Waals surface area contributed by atoms with E-state index < -0.39 is 18.2 Å². The van der Waals surface area contributed by atoms with E-state index >= 15 is 0 Å². The van der Waals surface area contributed by atoms with Crippen molar-refractivity contribution in [1.29, 1.82) is 0 Å². The minimum absolute atomic E-state index is 0.0482. The van der Waals surface area contributed by atoms with Crippen LogP contribution in [-0.2, 0) is 9.59 Å². The van der Waals surface area contributed by atoms with Gasteiger partial charge >= 0.3 is 5.97 Å². The van der Waals surface area contributed by atoms with E-state index in [2.05, 4.69) is 6.92 Å². The van der Waals surface area contributed by atoms with Crippen LogP contribution in [0.5, 0.6) is 0 Å². The fourth-order valence-electron chi connectivity index (χ4n) is 3.53. The molecule has 0 heterocycles. The molecule has 1 fully saturated rings. The summed E-state index contributed by atoms with van der Waals surface area (Å²) in [7, 11) is 0. The highest BCUT2D eigenvalue weighted by Gasteiger charge is 2.39. The summed E-state index contributed by atoms with van der Waals surface area (Å²) in [6.07, 6.45) is 11.2. The van der Waals surface area contributed by atoms with Crippen molar-refractivity contribution in [3.05, 3.63) is 24.3 Å². The number of rotatable bonds is 12. The van der Waals surface area contributed by atoms with Crippen LogP contribution in [0.4, 0.5) is 0 Å². The maximum absolute atomic E-state index is 12.2. The van der Waals surface area contributed by atoms with Gasteiger partial charge in [0.25, 0.3) is 0 Å². The molecular formula is C22H36O5. The molecule has 27 heavy (non-hydrogen) atoms. The van der Waals surface area contributed by atoms with Crippen molar-refractivity contribution < 1.29 is 24.9 Å². The first-order valence-electron chi connectivity index (χ1n) is 10.1. The first-order chi connectivity index (χ1) is 12.7. The molecule has 0 radical (unpaired) electrons. The molecule has 0 aromatic heterocycles. The van der Waals surface area contributed by atoms with Gasteiger partial charge in [-0.2, -0.15) is 0 Å². The van der Waals surface area contributed by atoms with E-state index in [-0.39, 0.29) is 35.9 Å². The summed E-state index contributed by atoms with van der Waals surface area (Å²) >= 11 is 0. The summed E-state index contributed by atoms with van der Waals surface area (Å²) in [5.74, 6) is -1.31. The number of unbranched alkanes of at least 4 members (excludes halogenated alkanes) is 2. The van der Waals surface area contributed by atoms with Crippen LogP contribution in [0.15, 0.2) is 24.3 Å². The van der Waals surface area contributed by atoms with Gasteiger partial charge in [0.2, 0.25) is 0 Å². The molecule has 0 aliphatic heterocycles. The molecule has 1 saturated carbocycles. The van der Waals surface area contributed by atoms with Gasteiger partial charge in [-0.3, -0.25) is 9.59 Å². The number of hydrogen-bond acceptors (Lipinski definition) is 4. The van der Waals surface area contributed by atoms with Crippen LogP contribution in [0, 0.1) is 17.3 Å². The van der Waals surface area contributed by atoms with E-state index in [1.165, 1.54) is 0 Å². The van der Waals surface area contributed by atoms with Crippen molar-refractivity contribution in [2.75, 3.05) is 0 Å². The summed E-state index contributed by atoms with van der Waals surface area (Å²) in [6, 6.07) is 0. The lowest BCUT2D eigenvalue weighted by molar-refractivity contribution is -0.137. The highest BCUT2D eigenvalue weighted by Crippen LogP contribution is 2.35. The van der Waals surface area contributed by atoms with E-state index in [4.69, 9.17) is 5.11 Å². The summed E-state index contributed by atoms with van der Waals surface area (Å²) in [6.45, 7) is 6.19. The Hall–Kier alpha value is -1.46. The maximum atomic E-state index is 12.2. The number of aliphatic carboxylic acids is 1. The lowest BCUT2D eigenvalue weighted by Gasteiger charge is -2.29. The van der Waals surface area contributed by atoms with E-state index in [9.17, 15) is 19.8 Å². The lowest BCUT2D eigenvalue weighted by atomic mass is 9.80. The zero-order chi connectivity index (χ0) is 20.4. The molecule has 0 aromatic rings. The first kappa shape index (κ1) is 23.6. The fourth-order valence-corrected chi connectivity index (χ4v) is 3.53. The second-order valence-electron chi connectivity index (χ2n) is 8.34. The Morgan fingerprint density at radius 2 is 2.00 bits per heavy atom. The summed E-state index contributed by atoms with van der Waals surface area (Å²) in [5.41, 5.74) is -0.236. The van der Waals surface area contributed by atoms with Gasteiger partial charge in [0, 0.05) is 24.7 Å². The van der Waals surface area contributed by atoms with Gasteiger partial charge in [-0.05, 0) is 31.1 Å². The number of allylic oxidation sites excluding steroid dienone is 2. The van der Waals surface area contributed by atoms with Gasteiger partial charge in [-0.1, -0.05) is 57.9 Å². The molecule has 4 atom stereocenters. The normalized spacial score (nSPS) is 24.9. The lowest BCUT2D eigenvalue weighted by Crippen LogP contribution is -2.28. The molecule has 5 heteroatoms. The Morgan fingerprint density at radius 3 is 2.63 bits per heavy atom. The van der Waals surface area contributed by atoms with Crippen LogP contribution in [0.2, 0.25) is 0 Å². The van der Waals surface area contributed by atoms with Gasteiger partial charge in [0.05, 0.1) is 12.2 Å². The molecule has 0 unspecified atom stereocenters. The number of aliphatic hydroxyl groups is 2. The third-order valence-electron chi connectivity index (χ3n) is 5.54. The molecule has 0 aromatic carbocycles. The molecular weight excluding hydrogens is 344 g/mol. The molecule has 1 aliphatic carbocycles. The molecule has 1 rings (SSSR count). The molecule has 0 amide bonds. The van der Waals surface area contributed by atoms with E-state index in [0.29, 0.717) is 19.3 Å². The Morgan fingerprint density at radius 1 is 1.30 bits per heavy atom. The third kappa shape index (κ3) is 7.97. The predicted octanol–water partition coefficient (Wildman–Crippen LogP) is 3.89. The first-order valence-corrected chi connectivity index (χ1v) is 10.1.